The first kappa shape index (κ1) is 16.5. The average molecular weight is 330 g/mol. The van der Waals surface area contributed by atoms with E-state index < -0.39 is 11.9 Å². The molecule has 3 rings (SSSR count). The summed E-state index contributed by atoms with van der Waals surface area (Å²) in [5.41, 5.74) is 2.40. The van der Waals surface area contributed by atoms with Crippen LogP contribution in [-0.4, -0.2) is 47.4 Å². The zero-order chi connectivity index (χ0) is 17.4. The highest BCUT2D eigenvalue weighted by Crippen LogP contribution is 2.30. The summed E-state index contributed by atoms with van der Waals surface area (Å²) in [4.78, 5) is 39.3. The SMILES string of the molecule is C[C@@H]1[C@H](C(=O)O)CCCN1C(=O)c1ccc2c(c1)CCC(=O)N2C. The number of likely N-dealkylation sites (tertiary alicyclic amines) is 1. The number of hydrogen-bond acceptors (Lipinski definition) is 3. The number of amides is 2. The molecule has 2 heterocycles. The van der Waals surface area contributed by atoms with Crippen molar-refractivity contribution >= 4 is 23.5 Å². The Morgan fingerprint density at radius 2 is 2.00 bits per heavy atom. The monoisotopic (exact) mass is 330 g/mol. The summed E-state index contributed by atoms with van der Waals surface area (Å²) in [6.45, 7) is 2.39. The maximum atomic E-state index is 12.9. The molecule has 128 valence electrons. The molecular weight excluding hydrogens is 308 g/mol. The number of nitrogens with zero attached hydrogens (tertiary/aromatic N) is 2. The van der Waals surface area contributed by atoms with E-state index in [0.29, 0.717) is 37.8 Å². The molecule has 2 aliphatic rings. The van der Waals surface area contributed by atoms with Gasteiger partial charge in [-0.25, -0.2) is 0 Å². The molecule has 0 unspecified atom stereocenters. The van der Waals surface area contributed by atoms with E-state index in [9.17, 15) is 19.5 Å². The summed E-state index contributed by atoms with van der Waals surface area (Å²) in [6, 6.07) is 5.07. The van der Waals surface area contributed by atoms with Gasteiger partial charge in [0.15, 0.2) is 0 Å². The lowest BCUT2D eigenvalue weighted by Crippen LogP contribution is -2.49. The number of benzene rings is 1. The highest BCUT2D eigenvalue weighted by atomic mass is 16.4. The molecule has 6 heteroatoms. The first-order chi connectivity index (χ1) is 11.4. The van der Waals surface area contributed by atoms with Crippen molar-refractivity contribution < 1.29 is 19.5 Å². The van der Waals surface area contributed by atoms with E-state index in [4.69, 9.17) is 0 Å². The number of piperidine rings is 1. The molecule has 0 radical (unpaired) electrons. The van der Waals surface area contributed by atoms with Crippen LogP contribution in [0.4, 0.5) is 5.69 Å². The molecular formula is C18H22N2O4. The number of fused-ring (bicyclic) bond motifs is 1. The fraction of sp³-hybridized carbons (Fsp3) is 0.500. The summed E-state index contributed by atoms with van der Waals surface area (Å²) in [6.07, 6.45) is 2.39. The number of aryl methyl sites for hydroxylation is 1. The van der Waals surface area contributed by atoms with E-state index in [1.807, 2.05) is 12.1 Å². The number of rotatable bonds is 2. The second-order valence-electron chi connectivity index (χ2n) is 6.62. The van der Waals surface area contributed by atoms with Gasteiger partial charge in [0.1, 0.15) is 0 Å². The molecule has 2 amide bonds. The van der Waals surface area contributed by atoms with E-state index in [-0.39, 0.29) is 17.9 Å². The number of carboxylic acid groups (broad SMARTS) is 1. The van der Waals surface area contributed by atoms with Crippen molar-refractivity contribution in [2.24, 2.45) is 5.92 Å². The topological polar surface area (TPSA) is 77.9 Å². The molecule has 6 nitrogen and oxygen atoms in total. The molecule has 1 saturated heterocycles. The molecule has 0 bridgehead atoms. The predicted molar refractivity (Wildman–Crippen MR) is 89.0 cm³/mol. The zero-order valence-electron chi connectivity index (χ0n) is 14.0. The normalized spacial score (nSPS) is 23.8. The van der Waals surface area contributed by atoms with Crippen molar-refractivity contribution in [3.05, 3.63) is 29.3 Å². The quantitative estimate of drug-likeness (QED) is 0.899. The molecule has 0 saturated carbocycles. The Morgan fingerprint density at radius 1 is 1.25 bits per heavy atom. The summed E-state index contributed by atoms with van der Waals surface area (Å²) < 4.78 is 0. The van der Waals surface area contributed by atoms with Crippen LogP contribution in [0.3, 0.4) is 0 Å². The standard InChI is InChI=1S/C18H22N2O4/c1-11-14(18(23)24)4-3-9-20(11)17(22)13-5-7-15-12(10-13)6-8-16(21)19(15)2/h5,7,10-11,14H,3-4,6,8-9H2,1-2H3,(H,23,24)/t11-,14-/m1/s1. The lowest BCUT2D eigenvalue weighted by Gasteiger charge is -2.37. The highest BCUT2D eigenvalue weighted by molar-refractivity contribution is 5.99. The van der Waals surface area contributed by atoms with Crippen LogP contribution in [0.25, 0.3) is 0 Å². The fourth-order valence-corrected chi connectivity index (χ4v) is 3.72. The van der Waals surface area contributed by atoms with Crippen LogP contribution in [0.1, 0.15) is 42.1 Å². The first-order valence-corrected chi connectivity index (χ1v) is 8.33. The van der Waals surface area contributed by atoms with E-state index in [2.05, 4.69) is 0 Å². The van der Waals surface area contributed by atoms with Gasteiger partial charge in [0, 0.05) is 37.3 Å². The van der Waals surface area contributed by atoms with E-state index >= 15 is 0 Å². The molecule has 1 aromatic rings. The molecule has 0 aromatic heterocycles. The molecule has 0 spiro atoms. The number of carbonyl (C=O) groups is 3. The maximum absolute atomic E-state index is 12.9. The molecule has 1 N–H and O–H groups in total. The second-order valence-corrected chi connectivity index (χ2v) is 6.62. The van der Waals surface area contributed by atoms with Gasteiger partial charge in [-0.3, -0.25) is 14.4 Å². The minimum Gasteiger partial charge on any atom is -0.481 e. The van der Waals surface area contributed by atoms with Crippen LogP contribution in [0, 0.1) is 5.92 Å². The van der Waals surface area contributed by atoms with E-state index in [0.717, 1.165) is 11.3 Å². The summed E-state index contributed by atoms with van der Waals surface area (Å²) >= 11 is 0. The second kappa shape index (κ2) is 6.26. The lowest BCUT2D eigenvalue weighted by molar-refractivity contribution is -0.145. The number of aliphatic carboxylic acids is 1. The molecule has 24 heavy (non-hydrogen) atoms. The maximum Gasteiger partial charge on any atom is 0.308 e. The number of carbonyl (C=O) groups excluding carboxylic acids is 2. The largest absolute Gasteiger partial charge is 0.481 e. The Kier molecular flexibility index (Phi) is 4.30. The molecule has 0 aliphatic carbocycles. The average Bonchev–Trinajstić information content (AvgIpc) is 2.57. The minimum atomic E-state index is -0.842. The van der Waals surface area contributed by atoms with Crippen molar-refractivity contribution in [1.29, 1.82) is 0 Å². The van der Waals surface area contributed by atoms with Gasteiger partial charge in [-0.15, -0.1) is 0 Å². The van der Waals surface area contributed by atoms with Crippen molar-refractivity contribution in [2.75, 3.05) is 18.5 Å². The molecule has 1 aromatic carbocycles. The van der Waals surface area contributed by atoms with Crippen molar-refractivity contribution in [1.82, 2.24) is 4.90 Å². The minimum absolute atomic E-state index is 0.0792. The van der Waals surface area contributed by atoms with Gasteiger partial charge in [-0.2, -0.15) is 0 Å². The Morgan fingerprint density at radius 3 is 2.71 bits per heavy atom. The van der Waals surface area contributed by atoms with Crippen LogP contribution >= 0.6 is 0 Å². The van der Waals surface area contributed by atoms with Gasteiger partial charge in [-0.05, 0) is 49.9 Å². The van der Waals surface area contributed by atoms with Gasteiger partial charge >= 0.3 is 5.97 Å². The summed E-state index contributed by atoms with van der Waals surface area (Å²) in [5, 5.41) is 9.32. The zero-order valence-corrected chi connectivity index (χ0v) is 14.0. The van der Waals surface area contributed by atoms with Crippen LogP contribution in [0.2, 0.25) is 0 Å². The van der Waals surface area contributed by atoms with Crippen molar-refractivity contribution in [3.8, 4) is 0 Å². The lowest BCUT2D eigenvalue weighted by atomic mass is 9.89. The fourth-order valence-electron chi connectivity index (χ4n) is 3.72. The third kappa shape index (κ3) is 2.77. The number of hydrogen-bond donors (Lipinski definition) is 1. The Balaban J connectivity index is 1.85. The van der Waals surface area contributed by atoms with Gasteiger partial charge in [0.2, 0.25) is 5.91 Å². The molecule has 2 atom stereocenters. The van der Waals surface area contributed by atoms with Crippen LogP contribution in [0.5, 0.6) is 0 Å². The summed E-state index contributed by atoms with van der Waals surface area (Å²) in [7, 11) is 1.74. The Bertz CT molecular complexity index is 700. The first-order valence-electron chi connectivity index (χ1n) is 8.33. The van der Waals surface area contributed by atoms with Gasteiger partial charge < -0.3 is 14.9 Å². The number of carboxylic acids is 1. The Labute approximate surface area is 141 Å². The van der Waals surface area contributed by atoms with Crippen molar-refractivity contribution in [3.63, 3.8) is 0 Å². The smallest absolute Gasteiger partial charge is 0.308 e. The molecule has 2 aliphatic heterocycles. The third-order valence-electron chi connectivity index (χ3n) is 5.24. The van der Waals surface area contributed by atoms with Gasteiger partial charge in [-0.1, -0.05) is 0 Å². The van der Waals surface area contributed by atoms with Crippen LogP contribution in [0.15, 0.2) is 18.2 Å². The third-order valence-corrected chi connectivity index (χ3v) is 5.24. The Hall–Kier alpha value is -2.37. The van der Waals surface area contributed by atoms with Crippen LogP contribution in [-0.2, 0) is 16.0 Å². The van der Waals surface area contributed by atoms with Crippen molar-refractivity contribution in [2.45, 2.75) is 38.6 Å². The number of anilines is 1. The van der Waals surface area contributed by atoms with E-state index in [1.54, 1.807) is 29.8 Å². The van der Waals surface area contributed by atoms with Gasteiger partial charge in [0.25, 0.3) is 5.91 Å². The van der Waals surface area contributed by atoms with Gasteiger partial charge in [0.05, 0.1) is 5.92 Å². The summed E-state index contributed by atoms with van der Waals surface area (Å²) in [5.74, 6) is -1.40. The molecule has 1 fully saturated rings. The van der Waals surface area contributed by atoms with E-state index in [1.165, 1.54) is 0 Å². The van der Waals surface area contributed by atoms with Crippen LogP contribution < -0.4 is 4.90 Å². The predicted octanol–water partition coefficient (Wildman–Crippen LogP) is 1.92. The highest BCUT2D eigenvalue weighted by Gasteiger charge is 2.36.